The molecule has 1 amide bonds. The second-order valence-corrected chi connectivity index (χ2v) is 7.48. The summed E-state index contributed by atoms with van der Waals surface area (Å²) < 4.78 is 5.39. The number of carbonyl (C=O) groups excluding carboxylic acids is 2. The summed E-state index contributed by atoms with van der Waals surface area (Å²) >= 11 is 0. The van der Waals surface area contributed by atoms with Crippen LogP contribution in [0.2, 0.25) is 0 Å². The van der Waals surface area contributed by atoms with Crippen LogP contribution in [0.25, 0.3) is 16.8 Å². The molecular weight excluding hydrogens is 412 g/mol. The third-order valence-corrected chi connectivity index (χ3v) is 5.09. The van der Waals surface area contributed by atoms with Gasteiger partial charge in [-0.1, -0.05) is 66.2 Å². The molecular formula is C28H20N2O3. The highest BCUT2D eigenvalue weighted by Gasteiger charge is 2.12. The average Bonchev–Trinajstić information content (AvgIpc) is 2.84. The van der Waals surface area contributed by atoms with Gasteiger partial charge in [-0.2, -0.15) is 5.26 Å². The van der Waals surface area contributed by atoms with Gasteiger partial charge >= 0.3 is 5.97 Å². The number of fused-ring (bicyclic) bond motifs is 1. The van der Waals surface area contributed by atoms with Crippen LogP contribution in [0.3, 0.4) is 0 Å². The number of nitrogens with one attached hydrogen (secondary N) is 1. The minimum Gasteiger partial charge on any atom is -0.423 e. The molecule has 4 aromatic carbocycles. The van der Waals surface area contributed by atoms with Crippen LogP contribution in [0.5, 0.6) is 5.75 Å². The number of amides is 1. The predicted octanol–water partition coefficient (Wildman–Crippen LogP) is 5.91. The van der Waals surface area contributed by atoms with Crippen molar-refractivity contribution in [2.45, 2.75) is 6.92 Å². The number of nitrogens with zero attached hydrogens (tertiary/aromatic N) is 1. The van der Waals surface area contributed by atoms with Gasteiger partial charge in [-0.3, -0.25) is 4.79 Å². The standard InChI is InChI=1S/C28H20N2O3/c1-19-9-13-22(14-10-19)28(32)33-24-15-11-20(12-16-24)17-23(18-29)27(31)30-26-8-4-6-21-5-2-3-7-25(21)26/h2-17H,1H3,(H,30,31). The number of rotatable bonds is 5. The van der Waals surface area contributed by atoms with Gasteiger partial charge in [0, 0.05) is 11.1 Å². The van der Waals surface area contributed by atoms with E-state index < -0.39 is 11.9 Å². The van der Waals surface area contributed by atoms with E-state index in [1.165, 1.54) is 6.08 Å². The average molecular weight is 432 g/mol. The lowest BCUT2D eigenvalue weighted by molar-refractivity contribution is -0.112. The van der Waals surface area contributed by atoms with Crippen molar-refractivity contribution in [1.29, 1.82) is 5.26 Å². The fourth-order valence-corrected chi connectivity index (χ4v) is 3.33. The maximum atomic E-state index is 12.7. The molecule has 0 unspecified atom stereocenters. The van der Waals surface area contributed by atoms with Crippen molar-refractivity contribution in [3.8, 4) is 11.8 Å². The Hall–Kier alpha value is -4.69. The summed E-state index contributed by atoms with van der Waals surface area (Å²) in [5.41, 5.74) is 2.75. The van der Waals surface area contributed by atoms with Crippen molar-refractivity contribution in [3.05, 3.63) is 113 Å². The zero-order chi connectivity index (χ0) is 23.2. The van der Waals surface area contributed by atoms with E-state index in [1.807, 2.05) is 61.5 Å². The molecule has 0 atom stereocenters. The maximum absolute atomic E-state index is 12.7. The first-order valence-electron chi connectivity index (χ1n) is 10.3. The first-order chi connectivity index (χ1) is 16.0. The van der Waals surface area contributed by atoms with Gasteiger partial charge in [-0.25, -0.2) is 4.79 Å². The van der Waals surface area contributed by atoms with E-state index in [4.69, 9.17) is 4.74 Å². The van der Waals surface area contributed by atoms with Crippen LogP contribution >= 0.6 is 0 Å². The van der Waals surface area contributed by atoms with Crippen LogP contribution in [0.1, 0.15) is 21.5 Å². The van der Waals surface area contributed by atoms with Gasteiger partial charge in [0.1, 0.15) is 17.4 Å². The van der Waals surface area contributed by atoms with Crippen molar-refractivity contribution in [2.24, 2.45) is 0 Å². The van der Waals surface area contributed by atoms with E-state index in [0.29, 0.717) is 22.6 Å². The van der Waals surface area contributed by atoms with Gasteiger partial charge < -0.3 is 10.1 Å². The van der Waals surface area contributed by atoms with Gasteiger partial charge in [0.05, 0.1) is 5.56 Å². The van der Waals surface area contributed by atoms with Crippen LogP contribution < -0.4 is 10.1 Å². The number of anilines is 1. The van der Waals surface area contributed by atoms with E-state index >= 15 is 0 Å². The van der Waals surface area contributed by atoms with Crippen molar-refractivity contribution in [3.63, 3.8) is 0 Å². The number of nitriles is 1. The van der Waals surface area contributed by atoms with Crippen molar-refractivity contribution in [1.82, 2.24) is 0 Å². The normalized spacial score (nSPS) is 11.0. The molecule has 0 radical (unpaired) electrons. The van der Waals surface area contributed by atoms with Crippen LogP contribution in [-0.2, 0) is 4.79 Å². The van der Waals surface area contributed by atoms with Crippen molar-refractivity contribution < 1.29 is 14.3 Å². The Bertz CT molecular complexity index is 1390. The largest absolute Gasteiger partial charge is 0.423 e. The van der Waals surface area contributed by atoms with Crippen LogP contribution in [0.15, 0.2) is 96.6 Å². The predicted molar refractivity (Wildman–Crippen MR) is 129 cm³/mol. The number of benzene rings is 4. The fourth-order valence-electron chi connectivity index (χ4n) is 3.33. The lowest BCUT2D eigenvalue weighted by Crippen LogP contribution is -2.13. The zero-order valence-electron chi connectivity index (χ0n) is 17.9. The first-order valence-corrected chi connectivity index (χ1v) is 10.3. The summed E-state index contributed by atoms with van der Waals surface area (Å²) in [6.07, 6.45) is 1.49. The van der Waals surface area contributed by atoms with Gasteiger partial charge in [-0.15, -0.1) is 0 Å². The molecule has 4 rings (SSSR count). The van der Waals surface area contributed by atoms with Crippen LogP contribution in [-0.4, -0.2) is 11.9 Å². The monoisotopic (exact) mass is 432 g/mol. The Morgan fingerprint density at radius 2 is 1.58 bits per heavy atom. The summed E-state index contributed by atoms with van der Waals surface area (Å²) in [6, 6.07) is 29.0. The Kier molecular flexibility index (Phi) is 6.28. The molecule has 0 spiro atoms. The molecule has 33 heavy (non-hydrogen) atoms. The molecule has 1 N–H and O–H groups in total. The maximum Gasteiger partial charge on any atom is 0.343 e. The molecule has 5 nitrogen and oxygen atoms in total. The molecule has 0 saturated heterocycles. The van der Waals surface area contributed by atoms with E-state index in [0.717, 1.165) is 16.3 Å². The summed E-state index contributed by atoms with van der Waals surface area (Å²) in [5.74, 6) is -0.578. The van der Waals surface area contributed by atoms with E-state index in [9.17, 15) is 14.9 Å². The number of hydrogen-bond acceptors (Lipinski definition) is 4. The molecule has 4 aromatic rings. The number of carbonyl (C=O) groups is 2. The number of aryl methyl sites for hydroxylation is 1. The summed E-state index contributed by atoms with van der Waals surface area (Å²) in [5, 5.41) is 14.2. The quantitative estimate of drug-likeness (QED) is 0.184. The number of hydrogen-bond donors (Lipinski definition) is 1. The third kappa shape index (κ3) is 5.15. The zero-order valence-corrected chi connectivity index (χ0v) is 17.9. The molecule has 0 aromatic heterocycles. The number of ether oxygens (including phenoxy) is 1. The highest BCUT2D eigenvalue weighted by Crippen LogP contribution is 2.24. The second kappa shape index (κ2) is 9.63. The second-order valence-electron chi connectivity index (χ2n) is 7.48. The summed E-state index contributed by atoms with van der Waals surface area (Å²) in [7, 11) is 0. The molecule has 0 aliphatic carbocycles. The van der Waals surface area contributed by atoms with Crippen LogP contribution in [0, 0.1) is 18.3 Å². The van der Waals surface area contributed by atoms with Gasteiger partial charge in [0.25, 0.3) is 5.91 Å². The lowest BCUT2D eigenvalue weighted by atomic mass is 10.1. The molecule has 0 fully saturated rings. The Labute approximate surface area is 191 Å². The molecule has 0 saturated carbocycles. The van der Waals surface area contributed by atoms with Gasteiger partial charge in [-0.05, 0) is 54.3 Å². The highest BCUT2D eigenvalue weighted by molar-refractivity contribution is 6.12. The van der Waals surface area contributed by atoms with Gasteiger partial charge in [0.15, 0.2) is 0 Å². The third-order valence-electron chi connectivity index (χ3n) is 5.09. The molecule has 0 heterocycles. The molecule has 160 valence electrons. The van der Waals surface area contributed by atoms with E-state index in [1.54, 1.807) is 42.5 Å². The Balaban J connectivity index is 1.47. The Morgan fingerprint density at radius 1 is 0.879 bits per heavy atom. The topological polar surface area (TPSA) is 79.2 Å². The SMILES string of the molecule is Cc1ccc(C(=O)Oc2ccc(C=C(C#N)C(=O)Nc3cccc4ccccc34)cc2)cc1. The van der Waals surface area contributed by atoms with E-state index in [-0.39, 0.29) is 5.57 Å². The highest BCUT2D eigenvalue weighted by atomic mass is 16.5. The Morgan fingerprint density at radius 3 is 2.30 bits per heavy atom. The first kappa shape index (κ1) is 21.5. The van der Waals surface area contributed by atoms with Crippen LogP contribution in [0.4, 0.5) is 5.69 Å². The lowest BCUT2D eigenvalue weighted by Gasteiger charge is -2.08. The smallest absolute Gasteiger partial charge is 0.343 e. The fraction of sp³-hybridized carbons (Fsp3) is 0.0357. The van der Waals surface area contributed by atoms with Crippen molar-refractivity contribution in [2.75, 3.05) is 5.32 Å². The molecule has 0 aliphatic heterocycles. The molecule has 0 aliphatic rings. The van der Waals surface area contributed by atoms with Crippen molar-refractivity contribution >= 4 is 34.4 Å². The minimum absolute atomic E-state index is 0.0349. The number of esters is 1. The minimum atomic E-state index is -0.497. The summed E-state index contributed by atoms with van der Waals surface area (Å²) in [4.78, 5) is 25.0. The van der Waals surface area contributed by atoms with E-state index in [2.05, 4.69) is 5.32 Å². The summed E-state index contributed by atoms with van der Waals surface area (Å²) in [6.45, 7) is 1.94. The van der Waals surface area contributed by atoms with Gasteiger partial charge in [0.2, 0.25) is 0 Å². The molecule has 0 bridgehead atoms. The molecule has 5 heteroatoms.